The molecule has 0 unspecified atom stereocenters. The van der Waals surface area contributed by atoms with Crippen LogP contribution in [0.15, 0.2) is 54.9 Å². The van der Waals surface area contributed by atoms with Crippen LogP contribution >= 0.6 is 12.4 Å². The van der Waals surface area contributed by atoms with Crippen LogP contribution in [0.2, 0.25) is 0 Å². The number of para-hydroxylation sites is 1. The highest BCUT2D eigenvalue weighted by Crippen LogP contribution is 2.18. The number of nitrogens with zero attached hydrogens (tertiary/aromatic N) is 1. The Bertz CT molecular complexity index is 709. The average Bonchev–Trinajstić information content (AvgIpc) is 2.83. The largest absolute Gasteiger partial charge is 0.361 e. The molecule has 1 aromatic carbocycles. The van der Waals surface area contributed by atoms with E-state index in [1.807, 2.05) is 42.6 Å². The molecular formula is C15H14ClN3O. The van der Waals surface area contributed by atoms with Gasteiger partial charge >= 0.3 is 0 Å². The zero-order valence-corrected chi connectivity index (χ0v) is 11.5. The van der Waals surface area contributed by atoms with Crippen LogP contribution in [0.3, 0.4) is 0 Å². The summed E-state index contributed by atoms with van der Waals surface area (Å²) in [5, 5.41) is 3.86. The normalized spacial score (nSPS) is 10.0. The predicted molar refractivity (Wildman–Crippen MR) is 82.1 cm³/mol. The van der Waals surface area contributed by atoms with Gasteiger partial charge in [0.25, 0.3) is 0 Å². The Balaban J connectivity index is 0.00000147. The number of anilines is 1. The lowest BCUT2D eigenvalue weighted by Gasteiger charge is -2.03. The topological polar surface area (TPSA) is 57.8 Å². The van der Waals surface area contributed by atoms with E-state index in [-0.39, 0.29) is 18.3 Å². The first kappa shape index (κ1) is 14.1. The van der Waals surface area contributed by atoms with Crippen molar-refractivity contribution in [2.45, 2.75) is 6.42 Å². The number of pyridine rings is 1. The van der Waals surface area contributed by atoms with E-state index < -0.39 is 0 Å². The van der Waals surface area contributed by atoms with Crippen LogP contribution in [0.25, 0.3) is 10.9 Å². The van der Waals surface area contributed by atoms with Crippen molar-refractivity contribution >= 4 is 35.0 Å². The lowest BCUT2D eigenvalue weighted by Crippen LogP contribution is -2.14. The quantitative estimate of drug-likeness (QED) is 0.777. The fourth-order valence-corrected chi connectivity index (χ4v) is 2.07. The second kappa shape index (κ2) is 6.21. The van der Waals surface area contributed by atoms with Crippen molar-refractivity contribution in [1.82, 2.24) is 9.97 Å². The van der Waals surface area contributed by atoms with E-state index in [9.17, 15) is 4.79 Å². The molecule has 0 saturated carbocycles. The summed E-state index contributed by atoms with van der Waals surface area (Å²) in [6, 6.07) is 13.4. The summed E-state index contributed by atoms with van der Waals surface area (Å²) < 4.78 is 0. The predicted octanol–water partition coefficient (Wildman–Crippen LogP) is 3.17. The third-order valence-electron chi connectivity index (χ3n) is 2.96. The Labute approximate surface area is 122 Å². The van der Waals surface area contributed by atoms with Crippen LogP contribution in [-0.2, 0) is 11.2 Å². The number of hydrogen-bond donors (Lipinski definition) is 2. The number of aromatic nitrogens is 2. The first-order chi connectivity index (χ1) is 9.33. The lowest BCUT2D eigenvalue weighted by atomic mass is 10.1. The number of H-pyrrole nitrogens is 1. The van der Waals surface area contributed by atoms with E-state index in [4.69, 9.17) is 0 Å². The molecule has 0 saturated heterocycles. The Morgan fingerprint density at radius 2 is 1.95 bits per heavy atom. The molecule has 0 fully saturated rings. The number of aromatic amines is 1. The fraction of sp³-hybridized carbons (Fsp3) is 0.0667. The van der Waals surface area contributed by atoms with E-state index in [1.54, 1.807) is 12.3 Å². The first-order valence-corrected chi connectivity index (χ1v) is 6.09. The number of rotatable bonds is 3. The van der Waals surface area contributed by atoms with Crippen LogP contribution in [-0.4, -0.2) is 15.9 Å². The first-order valence-electron chi connectivity index (χ1n) is 6.09. The molecule has 0 radical (unpaired) electrons. The maximum absolute atomic E-state index is 12.0. The smallest absolute Gasteiger partial charge is 0.230 e. The van der Waals surface area contributed by atoms with Crippen LogP contribution in [0, 0.1) is 0 Å². The van der Waals surface area contributed by atoms with Gasteiger partial charge in [0.05, 0.1) is 6.42 Å². The minimum absolute atomic E-state index is 0. The van der Waals surface area contributed by atoms with E-state index >= 15 is 0 Å². The molecule has 0 aliphatic carbocycles. The number of nitrogens with one attached hydrogen (secondary N) is 2. The van der Waals surface area contributed by atoms with Crippen molar-refractivity contribution in [3.8, 4) is 0 Å². The highest BCUT2D eigenvalue weighted by Gasteiger charge is 2.08. The van der Waals surface area contributed by atoms with E-state index in [0.717, 1.165) is 16.5 Å². The number of carbonyl (C=O) groups is 1. The van der Waals surface area contributed by atoms with Crippen LogP contribution in [0.4, 0.5) is 5.82 Å². The van der Waals surface area contributed by atoms with Gasteiger partial charge in [-0.1, -0.05) is 24.3 Å². The number of amides is 1. The number of hydrogen-bond acceptors (Lipinski definition) is 2. The summed E-state index contributed by atoms with van der Waals surface area (Å²) in [5.41, 5.74) is 2.03. The Hall–Kier alpha value is -2.33. The Morgan fingerprint density at radius 1 is 1.15 bits per heavy atom. The summed E-state index contributed by atoms with van der Waals surface area (Å²) in [4.78, 5) is 19.2. The summed E-state index contributed by atoms with van der Waals surface area (Å²) in [6.07, 6.45) is 3.87. The highest BCUT2D eigenvalue weighted by molar-refractivity contribution is 5.95. The molecule has 2 heterocycles. The number of benzene rings is 1. The van der Waals surface area contributed by atoms with Crippen LogP contribution < -0.4 is 5.32 Å². The van der Waals surface area contributed by atoms with Gasteiger partial charge < -0.3 is 10.3 Å². The van der Waals surface area contributed by atoms with Crippen LogP contribution in [0.1, 0.15) is 5.56 Å². The lowest BCUT2D eigenvalue weighted by molar-refractivity contribution is -0.115. The van der Waals surface area contributed by atoms with Crippen molar-refractivity contribution < 1.29 is 4.79 Å². The van der Waals surface area contributed by atoms with Gasteiger partial charge in [0, 0.05) is 23.3 Å². The third-order valence-corrected chi connectivity index (χ3v) is 2.96. The van der Waals surface area contributed by atoms with Gasteiger partial charge in [0.15, 0.2) is 0 Å². The van der Waals surface area contributed by atoms with Crippen molar-refractivity contribution in [2.24, 2.45) is 0 Å². The number of halogens is 1. The molecule has 0 spiro atoms. The molecule has 2 N–H and O–H groups in total. The van der Waals surface area contributed by atoms with Gasteiger partial charge in [-0.3, -0.25) is 4.79 Å². The van der Waals surface area contributed by atoms with Crippen molar-refractivity contribution in [3.63, 3.8) is 0 Å². The fourth-order valence-electron chi connectivity index (χ4n) is 2.07. The second-order valence-corrected chi connectivity index (χ2v) is 4.30. The summed E-state index contributed by atoms with van der Waals surface area (Å²) >= 11 is 0. The SMILES string of the molecule is Cl.O=C(Cc1c[nH]c2ccccc12)Nc1ccccn1. The van der Waals surface area contributed by atoms with Gasteiger partial charge in [0.2, 0.25) is 5.91 Å². The monoisotopic (exact) mass is 287 g/mol. The van der Waals surface area contributed by atoms with Gasteiger partial charge in [-0.2, -0.15) is 0 Å². The molecule has 2 aromatic heterocycles. The van der Waals surface area contributed by atoms with E-state index in [0.29, 0.717) is 12.2 Å². The zero-order valence-electron chi connectivity index (χ0n) is 10.7. The third kappa shape index (κ3) is 2.97. The molecule has 0 atom stereocenters. The molecule has 4 nitrogen and oxygen atoms in total. The highest BCUT2D eigenvalue weighted by atomic mass is 35.5. The summed E-state index contributed by atoms with van der Waals surface area (Å²) in [5.74, 6) is 0.510. The molecular weight excluding hydrogens is 274 g/mol. The molecule has 1 amide bonds. The van der Waals surface area contributed by atoms with Crippen molar-refractivity contribution in [2.75, 3.05) is 5.32 Å². The Morgan fingerprint density at radius 3 is 2.75 bits per heavy atom. The molecule has 0 aliphatic heterocycles. The average molecular weight is 288 g/mol. The van der Waals surface area contributed by atoms with Gasteiger partial charge in [-0.15, -0.1) is 12.4 Å². The standard InChI is InChI=1S/C15H13N3O.ClH/c19-15(18-14-7-3-4-8-16-14)9-11-10-17-13-6-2-1-5-12(11)13;/h1-8,10,17H,9H2,(H,16,18,19);1H. The van der Waals surface area contributed by atoms with Crippen LogP contribution in [0.5, 0.6) is 0 Å². The molecule has 0 aliphatic rings. The summed E-state index contributed by atoms with van der Waals surface area (Å²) in [7, 11) is 0. The van der Waals surface area contributed by atoms with Crippen molar-refractivity contribution in [1.29, 1.82) is 0 Å². The Kier molecular flexibility index (Phi) is 4.38. The van der Waals surface area contributed by atoms with E-state index in [1.165, 1.54) is 0 Å². The number of fused-ring (bicyclic) bond motifs is 1. The maximum Gasteiger partial charge on any atom is 0.230 e. The maximum atomic E-state index is 12.0. The number of carbonyl (C=O) groups excluding carboxylic acids is 1. The summed E-state index contributed by atoms with van der Waals surface area (Å²) in [6.45, 7) is 0. The second-order valence-electron chi connectivity index (χ2n) is 4.30. The minimum Gasteiger partial charge on any atom is -0.361 e. The molecule has 102 valence electrons. The van der Waals surface area contributed by atoms with Gasteiger partial charge in [-0.25, -0.2) is 4.98 Å². The molecule has 3 aromatic rings. The molecule has 3 rings (SSSR count). The van der Waals surface area contributed by atoms with Gasteiger partial charge in [0.1, 0.15) is 5.82 Å². The minimum atomic E-state index is -0.0662. The van der Waals surface area contributed by atoms with E-state index in [2.05, 4.69) is 15.3 Å². The zero-order chi connectivity index (χ0) is 13.1. The molecule has 5 heteroatoms. The molecule has 20 heavy (non-hydrogen) atoms. The van der Waals surface area contributed by atoms with Gasteiger partial charge in [-0.05, 0) is 23.8 Å². The molecule has 0 bridgehead atoms. The van der Waals surface area contributed by atoms with Crippen molar-refractivity contribution in [3.05, 3.63) is 60.4 Å².